The summed E-state index contributed by atoms with van der Waals surface area (Å²) in [5, 5.41) is 8.60. The Morgan fingerprint density at radius 3 is 2.94 bits per heavy atom. The number of halogens is 1. The third-order valence-corrected chi connectivity index (χ3v) is 2.48. The molecule has 0 saturated heterocycles. The average molecular weight is 277 g/mol. The van der Waals surface area contributed by atoms with Crippen LogP contribution in [0.2, 0.25) is 0 Å². The Kier molecular flexibility index (Phi) is 3.36. The molecule has 0 aliphatic rings. The second kappa shape index (κ2) is 4.94. The first-order chi connectivity index (χ1) is 7.81. The maximum atomic E-state index is 4.18. The second-order valence-corrected chi connectivity index (χ2v) is 3.95. The summed E-state index contributed by atoms with van der Waals surface area (Å²) in [6, 6.07) is 5.84. The van der Waals surface area contributed by atoms with Gasteiger partial charge in [-0.15, -0.1) is 0 Å². The van der Waals surface area contributed by atoms with Gasteiger partial charge in [0.05, 0.1) is 17.4 Å². The maximum Gasteiger partial charge on any atom is 0.116 e. The molecule has 0 aliphatic carbocycles. The van der Waals surface area contributed by atoms with E-state index >= 15 is 0 Å². The summed E-state index contributed by atoms with van der Waals surface area (Å²) in [6.45, 7) is 1.81. The maximum absolute atomic E-state index is 4.18. The summed E-state index contributed by atoms with van der Waals surface area (Å²) in [5.41, 5.74) is 1.65. The SMILES string of the molecule is CC=NN=Cc1ncnc2ccc(Br)cc12. The lowest BCUT2D eigenvalue weighted by molar-refractivity contribution is 1.19. The van der Waals surface area contributed by atoms with Crippen LogP contribution in [0.25, 0.3) is 10.9 Å². The van der Waals surface area contributed by atoms with Crippen molar-refractivity contribution in [2.24, 2.45) is 10.2 Å². The summed E-state index contributed by atoms with van der Waals surface area (Å²) in [6.07, 6.45) is 4.76. The van der Waals surface area contributed by atoms with Gasteiger partial charge in [0.1, 0.15) is 6.33 Å². The first kappa shape index (κ1) is 10.9. The zero-order valence-electron chi connectivity index (χ0n) is 8.63. The normalized spacial score (nSPS) is 11.9. The Bertz CT molecular complexity index is 563. The summed E-state index contributed by atoms with van der Waals surface area (Å²) in [7, 11) is 0. The zero-order chi connectivity index (χ0) is 11.4. The molecule has 0 saturated carbocycles. The van der Waals surface area contributed by atoms with Crippen LogP contribution in [0.5, 0.6) is 0 Å². The lowest BCUT2D eigenvalue weighted by Crippen LogP contribution is -1.91. The van der Waals surface area contributed by atoms with Gasteiger partial charge in [-0.2, -0.15) is 10.2 Å². The van der Waals surface area contributed by atoms with E-state index in [1.807, 2.05) is 25.1 Å². The van der Waals surface area contributed by atoms with E-state index in [-0.39, 0.29) is 0 Å². The van der Waals surface area contributed by atoms with Crippen molar-refractivity contribution in [1.29, 1.82) is 0 Å². The fraction of sp³-hybridized carbons (Fsp3) is 0.0909. The lowest BCUT2D eigenvalue weighted by atomic mass is 10.2. The molecule has 0 atom stereocenters. The molecule has 0 fully saturated rings. The highest BCUT2D eigenvalue weighted by atomic mass is 79.9. The minimum atomic E-state index is 0.761. The van der Waals surface area contributed by atoms with E-state index in [2.05, 4.69) is 36.1 Å². The van der Waals surface area contributed by atoms with Crippen molar-refractivity contribution in [2.45, 2.75) is 6.92 Å². The van der Waals surface area contributed by atoms with Gasteiger partial charge >= 0.3 is 0 Å². The van der Waals surface area contributed by atoms with Crippen molar-refractivity contribution < 1.29 is 0 Å². The van der Waals surface area contributed by atoms with Crippen LogP contribution in [-0.4, -0.2) is 22.4 Å². The molecular weight excluding hydrogens is 268 g/mol. The van der Waals surface area contributed by atoms with Gasteiger partial charge in [-0.3, -0.25) is 0 Å². The summed E-state index contributed by atoms with van der Waals surface area (Å²) < 4.78 is 0.989. The van der Waals surface area contributed by atoms with Crippen LogP contribution in [0.3, 0.4) is 0 Å². The molecule has 0 N–H and O–H groups in total. The molecule has 0 spiro atoms. The van der Waals surface area contributed by atoms with Crippen LogP contribution in [0.15, 0.2) is 39.2 Å². The molecule has 0 unspecified atom stereocenters. The topological polar surface area (TPSA) is 50.5 Å². The summed E-state index contributed by atoms with van der Waals surface area (Å²) in [4.78, 5) is 8.34. The van der Waals surface area contributed by atoms with Crippen LogP contribution < -0.4 is 0 Å². The molecule has 16 heavy (non-hydrogen) atoms. The molecule has 0 bridgehead atoms. The molecule has 1 aromatic carbocycles. The highest BCUT2D eigenvalue weighted by molar-refractivity contribution is 9.10. The molecule has 4 nitrogen and oxygen atoms in total. The molecule has 0 amide bonds. The van der Waals surface area contributed by atoms with E-state index in [0.717, 1.165) is 21.1 Å². The Morgan fingerprint density at radius 1 is 1.25 bits per heavy atom. The highest BCUT2D eigenvalue weighted by Gasteiger charge is 2.01. The van der Waals surface area contributed by atoms with E-state index in [1.165, 1.54) is 6.33 Å². The Hall–Kier alpha value is -1.62. The number of hydrogen-bond acceptors (Lipinski definition) is 4. The number of hydrogen-bond donors (Lipinski definition) is 0. The number of fused-ring (bicyclic) bond motifs is 1. The van der Waals surface area contributed by atoms with E-state index in [9.17, 15) is 0 Å². The second-order valence-electron chi connectivity index (χ2n) is 3.04. The van der Waals surface area contributed by atoms with Gasteiger partial charge in [-0.1, -0.05) is 15.9 Å². The van der Waals surface area contributed by atoms with Gasteiger partial charge in [0.2, 0.25) is 0 Å². The highest BCUT2D eigenvalue weighted by Crippen LogP contribution is 2.19. The molecule has 1 aromatic heterocycles. The van der Waals surface area contributed by atoms with E-state index in [0.29, 0.717) is 0 Å². The third kappa shape index (κ3) is 2.30. The Morgan fingerprint density at radius 2 is 2.12 bits per heavy atom. The lowest BCUT2D eigenvalue weighted by Gasteiger charge is -1.99. The Balaban J connectivity index is 2.56. The van der Waals surface area contributed by atoms with Crippen molar-refractivity contribution in [2.75, 3.05) is 0 Å². The first-order valence-corrected chi connectivity index (χ1v) is 5.52. The van der Waals surface area contributed by atoms with Gasteiger partial charge in [-0.05, 0) is 25.1 Å². The van der Waals surface area contributed by atoms with Gasteiger partial charge in [0.25, 0.3) is 0 Å². The fourth-order valence-corrected chi connectivity index (χ4v) is 1.67. The van der Waals surface area contributed by atoms with E-state index in [4.69, 9.17) is 0 Å². The predicted molar refractivity (Wildman–Crippen MR) is 69.0 cm³/mol. The monoisotopic (exact) mass is 276 g/mol. The van der Waals surface area contributed by atoms with Crippen LogP contribution in [0.4, 0.5) is 0 Å². The number of rotatable bonds is 2. The molecule has 2 aromatic rings. The Labute approximate surface area is 101 Å². The minimum Gasteiger partial charge on any atom is -0.236 e. The van der Waals surface area contributed by atoms with Gasteiger partial charge < -0.3 is 0 Å². The van der Waals surface area contributed by atoms with Gasteiger partial charge in [0.15, 0.2) is 0 Å². The van der Waals surface area contributed by atoms with Crippen molar-refractivity contribution in [3.05, 3.63) is 34.7 Å². The van der Waals surface area contributed by atoms with Crippen molar-refractivity contribution >= 4 is 39.3 Å². The van der Waals surface area contributed by atoms with Crippen molar-refractivity contribution in [3.63, 3.8) is 0 Å². The molecule has 80 valence electrons. The van der Waals surface area contributed by atoms with Crippen LogP contribution >= 0.6 is 15.9 Å². The summed E-state index contributed by atoms with van der Waals surface area (Å²) >= 11 is 3.42. The molecule has 0 aliphatic heterocycles. The molecule has 0 radical (unpaired) electrons. The molecule has 1 heterocycles. The smallest absolute Gasteiger partial charge is 0.116 e. The molecular formula is C11H9BrN4. The van der Waals surface area contributed by atoms with Crippen molar-refractivity contribution in [3.8, 4) is 0 Å². The van der Waals surface area contributed by atoms with Crippen LogP contribution in [-0.2, 0) is 0 Å². The van der Waals surface area contributed by atoms with Gasteiger partial charge in [0, 0.05) is 16.1 Å². The van der Waals surface area contributed by atoms with E-state index < -0.39 is 0 Å². The minimum absolute atomic E-state index is 0.761. The van der Waals surface area contributed by atoms with Crippen molar-refractivity contribution in [1.82, 2.24) is 9.97 Å². The van der Waals surface area contributed by atoms with E-state index in [1.54, 1.807) is 12.4 Å². The predicted octanol–water partition coefficient (Wildman–Crippen LogP) is 2.82. The fourth-order valence-electron chi connectivity index (χ4n) is 1.31. The third-order valence-electron chi connectivity index (χ3n) is 1.99. The molecule has 2 rings (SSSR count). The standard InChI is InChI=1S/C11H9BrN4/c1-2-15-16-6-11-9-5-8(12)3-4-10(9)13-7-14-11/h2-7H,1H3. The first-order valence-electron chi connectivity index (χ1n) is 4.72. The average Bonchev–Trinajstić information content (AvgIpc) is 2.30. The molecule has 5 heteroatoms. The largest absolute Gasteiger partial charge is 0.236 e. The number of benzene rings is 1. The van der Waals surface area contributed by atoms with Crippen LogP contribution in [0.1, 0.15) is 12.6 Å². The number of nitrogens with zero attached hydrogens (tertiary/aromatic N) is 4. The quantitative estimate of drug-likeness (QED) is 0.626. The summed E-state index contributed by atoms with van der Waals surface area (Å²) in [5.74, 6) is 0. The number of aromatic nitrogens is 2. The zero-order valence-corrected chi connectivity index (χ0v) is 10.2. The van der Waals surface area contributed by atoms with Gasteiger partial charge in [-0.25, -0.2) is 9.97 Å². The van der Waals surface area contributed by atoms with Crippen LogP contribution in [0, 0.1) is 0 Å².